The lowest BCUT2D eigenvalue weighted by molar-refractivity contribution is 0.343. The molecule has 0 radical (unpaired) electrons. The standard InChI is InChI=1S/C27H33N3O4S/c1-5-29-27(31)23-14-10-9-13-22(23)26(28-29)21-15-16-24(34-4)25(17-21)35(32,33)30(19(2)3)18-20-11-7-6-8-12-20/h6-8,11-12,15-17,19H,5,9-10,13-14,18H2,1-4H3. The van der Waals surface area contributed by atoms with Crippen molar-refractivity contribution in [3.8, 4) is 17.0 Å². The molecule has 0 saturated heterocycles. The molecule has 3 aromatic rings. The Morgan fingerprint density at radius 2 is 1.74 bits per heavy atom. The van der Waals surface area contributed by atoms with E-state index >= 15 is 0 Å². The summed E-state index contributed by atoms with van der Waals surface area (Å²) in [7, 11) is -2.43. The minimum Gasteiger partial charge on any atom is -0.495 e. The van der Waals surface area contributed by atoms with Gasteiger partial charge in [0.25, 0.3) is 5.56 Å². The third-order valence-corrected chi connectivity index (χ3v) is 8.59. The zero-order chi connectivity index (χ0) is 25.2. The van der Waals surface area contributed by atoms with Gasteiger partial charge >= 0.3 is 0 Å². The smallest absolute Gasteiger partial charge is 0.270 e. The second kappa shape index (κ2) is 10.3. The molecule has 1 heterocycles. The first-order valence-corrected chi connectivity index (χ1v) is 13.6. The number of rotatable bonds is 8. The summed E-state index contributed by atoms with van der Waals surface area (Å²) in [6.07, 6.45) is 3.44. The van der Waals surface area contributed by atoms with Crippen LogP contribution in [-0.2, 0) is 36.0 Å². The summed E-state index contributed by atoms with van der Waals surface area (Å²) in [5, 5.41) is 4.66. The van der Waals surface area contributed by atoms with Gasteiger partial charge in [0.2, 0.25) is 10.0 Å². The van der Waals surface area contributed by atoms with Gasteiger partial charge in [0.1, 0.15) is 10.6 Å². The summed E-state index contributed by atoms with van der Waals surface area (Å²) < 4.78 is 36.4. The first kappa shape index (κ1) is 25.1. The lowest BCUT2D eigenvalue weighted by atomic mass is 9.90. The molecule has 0 N–H and O–H groups in total. The third kappa shape index (κ3) is 4.90. The Morgan fingerprint density at radius 1 is 1.06 bits per heavy atom. The summed E-state index contributed by atoms with van der Waals surface area (Å²) in [6.45, 7) is 6.33. The Bertz CT molecular complexity index is 1370. The highest BCUT2D eigenvalue weighted by Crippen LogP contribution is 2.35. The number of benzene rings is 2. The number of hydrogen-bond donors (Lipinski definition) is 0. The van der Waals surface area contributed by atoms with Crippen molar-refractivity contribution >= 4 is 10.0 Å². The summed E-state index contributed by atoms with van der Waals surface area (Å²) in [6, 6.07) is 14.5. The van der Waals surface area contributed by atoms with Crippen molar-refractivity contribution in [2.24, 2.45) is 0 Å². The Labute approximate surface area is 207 Å². The van der Waals surface area contributed by atoms with Crippen LogP contribution in [0.4, 0.5) is 0 Å². The van der Waals surface area contributed by atoms with Gasteiger partial charge in [0.15, 0.2) is 0 Å². The number of fused-ring (bicyclic) bond motifs is 1. The van der Waals surface area contributed by atoms with E-state index in [1.807, 2.05) is 57.2 Å². The van der Waals surface area contributed by atoms with Crippen molar-refractivity contribution in [3.63, 3.8) is 0 Å². The second-order valence-corrected chi connectivity index (χ2v) is 11.0. The van der Waals surface area contributed by atoms with Gasteiger partial charge in [-0.05, 0) is 75.8 Å². The molecule has 35 heavy (non-hydrogen) atoms. The monoisotopic (exact) mass is 495 g/mol. The first-order valence-electron chi connectivity index (χ1n) is 12.1. The fraction of sp³-hybridized carbons (Fsp3) is 0.407. The second-order valence-electron chi connectivity index (χ2n) is 9.13. The zero-order valence-corrected chi connectivity index (χ0v) is 21.6. The molecule has 7 nitrogen and oxygen atoms in total. The highest BCUT2D eigenvalue weighted by molar-refractivity contribution is 7.89. The molecule has 0 fully saturated rings. The molecular formula is C27H33N3O4S. The van der Waals surface area contributed by atoms with Crippen LogP contribution in [0.2, 0.25) is 0 Å². The SMILES string of the molecule is CCn1nc(-c2ccc(OC)c(S(=O)(=O)N(Cc3ccccc3)C(C)C)c2)c2c(c1=O)CCCC2. The van der Waals surface area contributed by atoms with Gasteiger partial charge in [-0.3, -0.25) is 4.79 Å². The fourth-order valence-corrected chi connectivity index (χ4v) is 6.50. The van der Waals surface area contributed by atoms with Crippen molar-refractivity contribution in [2.45, 2.75) is 70.5 Å². The number of ether oxygens (including phenoxy) is 1. The van der Waals surface area contributed by atoms with E-state index in [-0.39, 0.29) is 28.8 Å². The van der Waals surface area contributed by atoms with Crippen molar-refractivity contribution in [3.05, 3.63) is 75.6 Å². The van der Waals surface area contributed by atoms with Gasteiger partial charge < -0.3 is 4.74 Å². The Balaban J connectivity index is 1.86. The maximum Gasteiger partial charge on any atom is 0.270 e. The van der Waals surface area contributed by atoms with E-state index in [2.05, 4.69) is 5.10 Å². The molecule has 0 unspecified atom stereocenters. The van der Waals surface area contributed by atoms with E-state index < -0.39 is 10.0 Å². The van der Waals surface area contributed by atoms with Gasteiger partial charge in [-0.2, -0.15) is 9.40 Å². The average Bonchev–Trinajstić information content (AvgIpc) is 2.87. The van der Waals surface area contributed by atoms with Gasteiger partial charge in [-0.25, -0.2) is 13.1 Å². The predicted octanol–water partition coefficient (Wildman–Crippen LogP) is 4.42. The van der Waals surface area contributed by atoms with Crippen LogP contribution in [0, 0.1) is 0 Å². The fourth-order valence-electron chi connectivity index (χ4n) is 4.69. The van der Waals surface area contributed by atoms with E-state index in [1.54, 1.807) is 12.1 Å². The van der Waals surface area contributed by atoms with Crippen LogP contribution in [0.25, 0.3) is 11.3 Å². The molecule has 0 bridgehead atoms. The quantitative estimate of drug-likeness (QED) is 0.462. The van der Waals surface area contributed by atoms with E-state index in [0.717, 1.165) is 42.4 Å². The van der Waals surface area contributed by atoms with Gasteiger partial charge in [0.05, 0.1) is 12.8 Å². The van der Waals surface area contributed by atoms with Crippen LogP contribution >= 0.6 is 0 Å². The number of methoxy groups -OCH3 is 1. The lowest BCUT2D eigenvalue weighted by Gasteiger charge is -2.27. The molecule has 2 aromatic carbocycles. The van der Waals surface area contributed by atoms with Crippen molar-refractivity contribution in [2.75, 3.05) is 7.11 Å². The lowest BCUT2D eigenvalue weighted by Crippen LogP contribution is -2.36. The van der Waals surface area contributed by atoms with E-state index in [0.29, 0.717) is 17.8 Å². The molecule has 0 saturated carbocycles. The normalized spacial score (nSPS) is 13.8. The average molecular weight is 496 g/mol. The van der Waals surface area contributed by atoms with Crippen molar-refractivity contribution in [1.29, 1.82) is 0 Å². The van der Waals surface area contributed by atoms with E-state index in [9.17, 15) is 13.2 Å². The Kier molecular flexibility index (Phi) is 7.42. The maximum absolute atomic E-state index is 14.0. The molecule has 1 aliphatic carbocycles. The predicted molar refractivity (Wildman–Crippen MR) is 137 cm³/mol. The molecule has 0 atom stereocenters. The maximum atomic E-state index is 14.0. The number of aromatic nitrogens is 2. The van der Waals surface area contributed by atoms with E-state index in [1.165, 1.54) is 16.1 Å². The van der Waals surface area contributed by atoms with Crippen molar-refractivity contribution < 1.29 is 13.2 Å². The molecule has 8 heteroatoms. The molecule has 1 aromatic heterocycles. The molecule has 0 amide bonds. The summed E-state index contributed by atoms with van der Waals surface area (Å²) in [4.78, 5) is 13.0. The van der Waals surface area contributed by atoms with Crippen LogP contribution < -0.4 is 10.3 Å². The van der Waals surface area contributed by atoms with E-state index in [4.69, 9.17) is 4.74 Å². The molecular weight excluding hydrogens is 462 g/mol. The third-order valence-electron chi connectivity index (χ3n) is 6.55. The van der Waals surface area contributed by atoms with Crippen LogP contribution in [0.1, 0.15) is 50.3 Å². The number of aryl methyl sites for hydroxylation is 1. The zero-order valence-electron chi connectivity index (χ0n) is 20.8. The molecule has 0 aliphatic heterocycles. The summed E-state index contributed by atoms with van der Waals surface area (Å²) in [5.74, 6) is 0.283. The Morgan fingerprint density at radius 3 is 2.37 bits per heavy atom. The highest BCUT2D eigenvalue weighted by atomic mass is 32.2. The molecule has 186 valence electrons. The van der Waals surface area contributed by atoms with Crippen LogP contribution in [0.5, 0.6) is 5.75 Å². The molecule has 1 aliphatic rings. The highest BCUT2D eigenvalue weighted by Gasteiger charge is 2.31. The van der Waals surface area contributed by atoms with Crippen LogP contribution in [0.15, 0.2) is 58.2 Å². The number of hydrogen-bond acceptors (Lipinski definition) is 5. The molecule has 4 rings (SSSR count). The summed E-state index contributed by atoms with van der Waals surface area (Å²) in [5.41, 5.74) is 3.96. The topological polar surface area (TPSA) is 81.5 Å². The number of nitrogens with zero attached hydrogens (tertiary/aromatic N) is 3. The van der Waals surface area contributed by atoms with Gasteiger partial charge in [-0.1, -0.05) is 30.3 Å². The summed E-state index contributed by atoms with van der Waals surface area (Å²) >= 11 is 0. The van der Waals surface area contributed by atoms with Gasteiger partial charge in [0, 0.05) is 30.3 Å². The minimum absolute atomic E-state index is 0.0406. The number of sulfonamides is 1. The van der Waals surface area contributed by atoms with Gasteiger partial charge in [-0.15, -0.1) is 0 Å². The van der Waals surface area contributed by atoms with Crippen LogP contribution in [-0.4, -0.2) is 35.7 Å². The molecule has 0 spiro atoms. The minimum atomic E-state index is -3.90. The van der Waals surface area contributed by atoms with Crippen molar-refractivity contribution in [1.82, 2.24) is 14.1 Å². The first-order chi connectivity index (χ1) is 16.8. The van der Waals surface area contributed by atoms with Crippen LogP contribution in [0.3, 0.4) is 0 Å². The largest absolute Gasteiger partial charge is 0.495 e. The Hall–Kier alpha value is -2.97.